The van der Waals surface area contributed by atoms with E-state index in [1.165, 1.54) is 11.8 Å². The number of rotatable bonds is 8. The van der Waals surface area contributed by atoms with Crippen molar-refractivity contribution >= 4 is 40.9 Å². The van der Waals surface area contributed by atoms with Gasteiger partial charge in [-0.05, 0) is 42.7 Å². The Bertz CT molecular complexity index is 1100. The van der Waals surface area contributed by atoms with Crippen molar-refractivity contribution in [3.63, 3.8) is 0 Å². The summed E-state index contributed by atoms with van der Waals surface area (Å²) in [5, 5.41) is 15.6. The van der Waals surface area contributed by atoms with Crippen molar-refractivity contribution < 1.29 is 9.59 Å². The largest absolute Gasteiger partial charge is 0.342 e. The molecule has 0 aliphatic heterocycles. The van der Waals surface area contributed by atoms with Crippen LogP contribution in [0, 0.1) is 12.8 Å². The van der Waals surface area contributed by atoms with Crippen molar-refractivity contribution in [3.05, 3.63) is 70.5 Å². The predicted molar refractivity (Wildman–Crippen MR) is 128 cm³/mol. The Morgan fingerprint density at radius 1 is 1.12 bits per heavy atom. The fourth-order valence-corrected chi connectivity index (χ4v) is 3.96. The first-order valence-corrected chi connectivity index (χ1v) is 11.6. The van der Waals surface area contributed by atoms with Gasteiger partial charge in [-0.1, -0.05) is 61.5 Å². The van der Waals surface area contributed by atoms with Gasteiger partial charge in [-0.3, -0.25) is 9.59 Å². The molecule has 0 radical (unpaired) electrons. The van der Waals surface area contributed by atoms with Gasteiger partial charge in [0.25, 0.3) is 5.91 Å². The summed E-state index contributed by atoms with van der Waals surface area (Å²) in [7, 11) is 1.83. The van der Waals surface area contributed by atoms with Crippen molar-refractivity contribution in [1.29, 1.82) is 0 Å². The minimum atomic E-state index is -0.321. The van der Waals surface area contributed by atoms with Crippen molar-refractivity contribution in [3.8, 4) is 0 Å². The number of carbonyl (C=O) groups excluding carboxylic acids is 2. The SMILES string of the molecule is Cc1ccc(NC(=O)CSc2nnc([C@H](NC(=O)c3ccccc3)C(C)C)n2C)cc1Cl. The van der Waals surface area contributed by atoms with Crippen molar-refractivity contribution in [1.82, 2.24) is 20.1 Å². The van der Waals surface area contributed by atoms with Crippen LogP contribution in [-0.4, -0.2) is 32.3 Å². The van der Waals surface area contributed by atoms with Crippen LogP contribution in [-0.2, 0) is 11.8 Å². The number of thioether (sulfide) groups is 1. The maximum atomic E-state index is 12.6. The molecule has 1 atom stereocenters. The monoisotopic (exact) mass is 471 g/mol. The minimum Gasteiger partial charge on any atom is -0.342 e. The average Bonchev–Trinajstić information content (AvgIpc) is 3.13. The molecule has 0 unspecified atom stereocenters. The van der Waals surface area contributed by atoms with Crippen LogP contribution in [0.3, 0.4) is 0 Å². The second kappa shape index (κ2) is 10.7. The molecule has 0 saturated heterocycles. The second-order valence-corrected chi connectivity index (χ2v) is 9.11. The lowest BCUT2D eigenvalue weighted by Gasteiger charge is -2.21. The lowest BCUT2D eigenvalue weighted by atomic mass is 10.0. The Kier molecular flexibility index (Phi) is 7.93. The number of nitrogens with one attached hydrogen (secondary N) is 2. The Balaban J connectivity index is 1.65. The van der Waals surface area contributed by atoms with E-state index in [9.17, 15) is 9.59 Å². The van der Waals surface area contributed by atoms with Crippen LogP contribution in [0.5, 0.6) is 0 Å². The van der Waals surface area contributed by atoms with Crippen LogP contribution in [0.2, 0.25) is 5.02 Å². The number of nitrogens with zero attached hydrogens (tertiary/aromatic N) is 3. The average molecular weight is 472 g/mol. The number of benzene rings is 2. The maximum absolute atomic E-state index is 12.6. The van der Waals surface area contributed by atoms with Crippen molar-refractivity contribution in [2.24, 2.45) is 13.0 Å². The molecule has 3 rings (SSSR count). The maximum Gasteiger partial charge on any atom is 0.251 e. The third-order valence-electron chi connectivity index (χ3n) is 4.92. The van der Waals surface area contributed by atoms with Gasteiger partial charge in [0.2, 0.25) is 5.91 Å². The minimum absolute atomic E-state index is 0.0954. The number of carbonyl (C=O) groups is 2. The number of halogens is 1. The Hall–Kier alpha value is -2.84. The molecule has 1 heterocycles. The molecule has 2 N–H and O–H groups in total. The summed E-state index contributed by atoms with van der Waals surface area (Å²) in [6.45, 7) is 5.93. The topological polar surface area (TPSA) is 88.9 Å². The number of amides is 2. The summed E-state index contributed by atoms with van der Waals surface area (Å²) >= 11 is 7.39. The zero-order chi connectivity index (χ0) is 23.3. The van der Waals surface area contributed by atoms with E-state index in [-0.39, 0.29) is 29.5 Å². The first-order valence-electron chi connectivity index (χ1n) is 10.2. The summed E-state index contributed by atoms with van der Waals surface area (Å²) in [6, 6.07) is 14.1. The highest BCUT2D eigenvalue weighted by molar-refractivity contribution is 7.99. The molecule has 0 saturated carbocycles. The highest BCUT2D eigenvalue weighted by Gasteiger charge is 2.25. The molecule has 3 aromatic rings. The van der Waals surface area contributed by atoms with E-state index in [0.29, 0.717) is 27.3 Å². The third kappa shape index (κ3) is 5.89. The van der Waals surface area contributed by atoms with Gasteiger partial charge in [0.15, 0.2) is 11.0 Å². The molecule has 168 valence electrons. The third-order valence-corrected chi connectivity index (χ3v) is 6.35. The zero-order valence-electron chi connectivity index (χ0n) is 18.4. The van der Waals surface area contributed by atoms with Crippen LogP contribution in [0.4, 0.5) is 5.69 Å². The molecule has 32 heavy (non-hydrogen) atoms. The van der Waals surface area contributed by atoms with Gasteiger partial charge >= 0.3 is 0 Å². The molecule has 0 aliphatic rings. The highest BCUT2D eigenvalue weighted by atomic mass is 35.5. The van der Waals surface area contributed by atoms with Crippen molar-refractivity contribution in [2.75, 3.05) is 11.1 Å². The Morgan fingerprint density at radius 3 is 2.50 bits per heavy atom. The van der Waals surface area contributed by atoms with E-state index in [1.807, 2.05) is 62.7 Å². The van der Waals surface area contributed by atoms with Crippen LogP contribution in [0.1, 0.15) is 41.6 Å². The van der Waals surface area contributed by atoms with Gasteiger partial charge in [0.05, 0.1) is 11.8 Å². The van der Waals surface area contributed by atoms with Gasteiger partial charge < -0.3 is 15.2 Å². The summed E-state index contributed by atoms with van der Waals surface area (Å²) in [5.41, 5.74) is 2.18. The molecule has 0 fully saturated rings. The number of anilines is 1. The molecule has 1 aromatic heterocycles. The lowest BCUT2D eigenvalue weighted by molar-refractivity contribution is -0.113. The van der Waals surface area contributed by atoms with E-state index < -0.39 is 0 Å². The van der Waals surface area contributed by atoms with E-state index in [2.05, 4.69) is 20.8 Å². The number of aryl methyl sites for hydroxylation is 1. The molecule has 0 aliphatic carbocycles. The van der Waals surface area contributed by atoms with Gasteiger partial charge in [0, 0.05) is 23.3 Å². The first kappa shape index (κ1) is 23.8. The number of aromatic nitrogens is 3. The smallest absolute Gasteiger partial charge is 0.251 e. The molecule has 2 aromatic carbocycles. The van der Waals surface area contributed by atoms with Gasteiger partial charge in [-0.15, -0.1) is 10.2 Å². The predicted octanol–water partition coefficient (Wildman–Crippen LogP) is 4.63. The van der Waals surface area contributed by atoms with Crippen LogP contribution < -0.4 is 10.6 Å². The van der Waals surface area contributed by atoms with E-state index in [1.54, 1.807) is 18.2 Å². The molecule has 0 bridgehead atoms. The zero-order valence-corrected chi connectivity index (χ0v) is 20.0. The molecular formula is C23H26ClN5O2S. The van der Waals surface area contributed by atoms with E-state index in [0.717, 1.165) is 5.56 Å². The molecule has 2 amide bonds. The Labute approximate surface area is 197 Å². The molecule has 0 spiro atoms. The first-order chi connectivity index (χ1) is 15.3. The molecule has 9 heteroatoms. The van der Waals surface area contributed by atoms with Gasteiger partial charge in [-0.25, -0.2) is 0 Å². The van der Waals surface area contributed by atoms with Gasteiger partial charge in [-0.2, -0.15) is 0 Å². The summed E-state index contributed by atoms with van der Waals surface area (Å²) in [5.74, 6) is 0.561. The van der Waals surface area contributed by atoms with E-state index >= 15 is 0 Å². The van der Waals surface area contributed by atoms with Crippen molar-refractivity contribution in [2.45, 2.75) is 32.0 Å². The summed E-state index contributed by atoms with van der Waals surface area (Å²) in [6.07, 6.45) is 0. The van der Waals surface area contributed by atoms with Crippen LogP contribution in [0.15, 0.2) is 53.7 Å². The summed E-state index contributed by atoms with van der Waals surface area (Å²) < 4.78 is 1.82. The normalized spacial score (nSPS) is 11.9. The fourth-order valence-electron chi connectivity index (χ4n) is 3.06. The number of hydrogen-bond donors (Lipinski definition) is 2. The molecular weight excluding hydrogens is 446 g/mol. The highest BCUT2D eigenvalue weighted by Crippen LogP contribution is 2.25. The Morgan fingerprint density at radius 2 is 1.84 bits per heavy atom. The standard InChI is InChI=1S/C23H26ClN5O2S/c1-14(2)20(26-22(31)16-8-6-5-7-9-16)21-27-28-23(29(21)4)32-13-19(30)25-17-11-10-15(3)18(24)12-17/h5-12,14,20H,13H2,1-4H3,(H,25,30)(H,26,31)/t20-/m1/s1. The quantitative estimate of drug-likeness (QED) is 0.467. The molecule has 7 nitrogen and oxygen atoms in total. The van der Waals surface area contributed by atoms with E-state index in [4.69, 9.17) is 11.6 Å². The van der Waals surface area contributed by atoms with Crippen LogP contribution in [0.25, 0.3) is 0 Å². The lowest BCUT2D eigenvalue weighted by Crippen LogP contribution is -2.33. The fraction of sp³-hybridized carbons (Fsp3) is 0.304. The second-order valence-electron chi connectivity index (χ2n) is 7.76. The number of hydrogen-bond acceptors (Lipinski definition) is 5. The van der Waals surface area contributed by atoms with Crippen LogP contribution >= 0.6 is 23.4 Å². The van der Waals surface area contributed by atoms with Gasteiger partial charge in [0.1, 0.15) is 0 Å². The summed E-state index contributed by atoms with van der Waals surface area (Å²) in [4.78, 5) is 25.0.